The summed E-state index contributed by atoms with van der Waals surface area (Å²) in [6.07, 6.45) is 0. The normalized spacial score (nSPS) is 13.8. The highest BCUT2D eigenvalue weighted by molar-refractivity contribution is 5.89. The number of aryl methyl sites for hydroxylation is 2. The van der Waals surface area contributed by atoms with Gasteiger partial charge in [0.2, 0.25) is 0 Å². The van der Waals surface area contributed by atoms with Crippen molar-refractivity contribution >= 4 is 17.5 Å². The van der Waals surface area contributed by atoms with Crippen LogP contribution in [-0.4, -0.2) is 54.2 Å². The fraction of sp³-hybridized carbons (Fsp3) is 0.320. The highest BCUT2D eigenvalue weighted by atomic mass is 16.5. The minimum atomic E-state index is -0.0918. The van der Waals surface area contributed by atoms with Crippen molar-refractivity contribution in [3.8, 4) is 17.1 Å². The second kappa shape index (κ2) is 9.26. The molecule has 2 aromatic carbocycles. The number of anilines is 2. The fourth-order valence-electron chi connectivity index (χ4n) is 3.83. The summed E-state index contributed by atoms with van der Waals surface area (Å²) in [6.45, 7) is 8.86. The molecule has 2 heterocycles. The SMILES string of the molecule is COc1ccc(NC(=O)N2CCN(c3nc(-c4cccc(C)c4)nc(C)c3C)CC2)cc1. The Hall–Kier alpha value is -3.61. The number of piperazine rings is 1. The number of hydrogen-bond donors (Lipinski definition) is 1. The lowest BCUT2D eigenvalue weighted by Gasteiger charge is -2.36. The lowest BCUT2D eigenvalue weighted by Crippen LogP contribution is -2.50. The summed E-state index contributed by atoms with van der Waals surface area (Å²) in [4.78, 5) is 26.4. The first-order chi connectivity index (χ1) is 15.4. The van der Waals surface area contributed by atoms with E-state index in [4.69, 9.17) is 14.7 Å². The van der Waals surface area contributed by atoms with Gasteiger partial charge in [0, 0.05) is 48.7 Å². The molecule has 1 aromatic heterocycles. The summed E-state index contributed by atoms with van der Waals surface area (Å²) in [5.74, 6) is 2.45. The molecule has 32 heavy (non-hydrogen) atoms. The minimum absolute atomic E-state index is 0.0918. The van der Waals surface area contributed by atoms with E-state index in [0.29, 0.717) is 13.1 Å². The van der Waals surface area contributed by atoms with Gasteiger partial charge < -0.3 is 19.9 Å². The molecule has 1 aliphatic heterocycles. The van der Waals surface area contributed by atoms with E-state index in [1.54, 1.807) is 7.11 Å². The predicted octanol–water partition coefficient (Wildman–Crippen LogP) is 4.43. The Kier molecular flexibility index (Phi) is 6.25. The van der Waals surface area contributed by atoms with Crippen LogP contribution in [0.5, 0.6) is 5.75 Å². The van der Waals surface area contributed by atoms with Gasteiger partial charge in [-0.05, 0) is 51.1 Å². The Balaban J connectivity index is 1.45. The third-order valence-electron chi connectivity index (χ3n) is 5.85. The molecule has 7 nitrogen and oxygen atoms in total. The van der Waals surface area contributed by atoms with Crippen molar-refractivity contribution in [3.63, 3.8) is 0 Å². The standard InChI is InChI=1S/C25H29N5O2/c1-17-6-5-7-20(16-17)23-26-19(3)18(2)24(28-23)29-12-14-30(15-13-29)25(31)27-21-8-10-22(32-4)11-9-21/h5-11,16H,12-15H2,1-4H3,(H,27,31). The van der Waals surface area contributed by atoms with Crippen LogP contribution in [-0.2, 0) is 0 Å². The number of carbonyl (C=O) groups excluding carboxylic acids is 1. The fourth-order valence-corrected chi connectivity index (χ4v) is 3.83. The summed E-state index contributed by atoms with van der Waals surface area (Å²) in [6, 6.07) is 15.5. The maximum Gasteiger partial charge on any atom is 0.321 e. The van der Waals surface area contributed by atoms with E-state index in [0.717, 1.165) is 53.0 Å². The van der Waals surface area contributed by atoms with Gasteiger partial charge in [-0.25, -0.2) is 14.8 Å². The summed E-state index contributed by atoms with van der Waals surface area (Å²) in [5, 5.41) is 2.96. The maximum absolute atomic E-state index is 12.7. The predicted molar refractivity (Wildman–Crippen MR) is 127 cm³/mol. The van der Waals surface area contributed by atoms with E-state index in [1.165, 1.54) is 5.56 Å². The Labute approximate surface area is 189 Å². The number of aromatic nitrogens is 2. The van der Waals surface area contributed by atoms with Crippen molar-refractivity contribution in [1.82, 2.24) is 14.9 Å². The zero-order valence-electron chi connectivity index (χ0n) is 19.1. The number of nitrogens with zero attached hydrogens (tertiary/aromatic N) is 4. The molecule has 4 rings (SSSR count). The number of ether oxygens (including phenoxy) is 1. The lowest BCUT2D eigenvalue weighted by atomic mass is 10.1. The van der Waals surface area contributed by atoms with Gasteiger partial charge in [-0.15, -0.1) is 0 Å². The summed E-state index contributed by atoms with van der Waals surface area (Å²) >= 11 is 0. The molecule has 0 saturated carbocycles. The van der Waals surface area contributed by atoms with Crippen LogP contribution in [0, 0.1) is 20.8 Å². The summed E-state index contributed by atoms with van der Waals surface area (Å²) in [5.41, 5.74) is 5.02. The molecule has 7 heteroatoms. The van der Waals surface area contributed by atoms with Crippen molar-refractivity contribution in [2.75, 3.05) is 43.5 Å². The topological polar surface area (TPSA) is 70.6 Å². The van der Waals surface area contributed by atoms with E-state index < -0.39 is 0 Å². The maximum atomic E-state index is 12.7. The number of carbonyl (C=O) groups is 1. The van der Waals surface area contributed by atoms with E-state index in [-0.39, 0.29) is 6.03 Å². The number of rotatable bonds is 4. The zero-order valence-corrected chi connectivity index (χ0v) is 19.1. The molecular formula is C25H29N5O2. The van der Waals surface area contributed by atoms with E-state index >= 15 is 0 Å². The van der Waals surface area contributed by atoms with Crippen molar-refractivity contribution in [2.45, 2.75) is 20.8 Å². The van der Waals surface area contributed by atoms with Gasteiger partial charge in [0.25, 0.3) is 0 Å². The van der Waals surface area contributed by atoms with Gasteiger partial charge >= 0.3 is 6.03 Å². The highest BCUT2D eigenvalue weighted by Gasteiger charge is 2.24. The first-order valence-corrected chi connectivity index (χ1v) is 10.8. The molecule has 166 valence electrons. The van der Waals surface area contributed by atoms with Crippen LogP contribution in [0.15, 0.2) is 48.5 Å². The van der Waals surface area contributed by atoms with Gasteiger partial charge in [-0.2, -0.15) is 0 Å². The van der Waals surface area contributed by atoms with Gasteiger partial charge in [0.15, 0.2) is 5.82 Å². The Morgan fingerprint density at radius 1 is 0.969 bits per heavy atom. The molecule has 0 unspecified atom stereocenters. The number of amides is 2. The molecule has 0 aliphatic carbocycles. The monoisotopic (exact) mass is 431 g/mol. The molecule has 1 saturated heterocycles. The average Bonchev–Trinajstić information content (AvgIpc) is 2.81. The molecular weight excluding hydrogens is 402 g/mol. The number of nitrogens with one attached hydrogen (secondary N) is 1. The second-order valence-corrected chi connectivity index (χ2v) is 8.08. The molecule has 1 N–H and O–H groups in total. The average molecular weight is 432 g/mol. The third kappa shape index (κ3) is 4.66. The Morgan fingerprint density at radius 3 is 2.34 bits per heavy atom. The largest absolute Gasteiger partial charge is 0.497 e. The van der Waals surface area contributed by atoms with E-state index in [1.807, 2.05) is 48.2 Å². The van der Waals surface area contributed by atoms with E-state index in [2.05, 4.69) is 36.2 Å². The molecule has 0 radical (unpaired) electrons. The van der Waals surface area contributed by atoms with Gasteiger partial charge in [-0.1, -0.05) is 23.8 Å². The van der Waals surface area contributed by atoms with Crippen molar-refractivity contribution in [2.24, 2.45) is 0 Å². The summed E-state index contributed by atoms with van der Waals surface area (Å²) < 4.78 is 5.17. The Morgan fingerprint density at radius 2 is 1.69 bits per heavy atom. The van der Waals surface area contributed by atoms with Gasteiger partial charge in [0.1, 0.15) is 11.6 Å². The van der Waals surface area contributed by atoms with Crippen molar-refractivity contribution in [3.05, 3.63) is 65.4 Å². The summed E-state index contributed by atoms with van der Waals surface area (Å²) in [7, 11) is 1.62. The third-order valence-corrected chi connectivity index (χ3v) is 5.85. The van der Waals surface area contributed by atoms with Crippen LogP contribution in [0.1, 0.15) is 16.8 Å². The second-order valence-electron chi connectivity index (χ2n) is 8.08. The van der Waals surface area contributed by atoms with Crippen LogP contribution in [0.4, 0.5) is 16.3 Å². The van der Waals surface area contributed by atoms with Crippen LogP contribution in [0.3, 0.4) is 0 Å². The number of hydrogen-bond acceptors (Lipinski definition) is 5. The molecule has 1 fully saturated rings. The van der Waals surface area contributed by atoms with E-state index in [9.17, 15) is 4.79 Å². The number of methoxy groups -OCH3 is 1. The number of urea groups is 1. The molecule has 3 aromatic rings. The molecule has 2 amide bonds. The smallest absolute Gasteiger partial charge is 0.321 e. The van der Waals surface area contributed by atoms with Crippen LogP contribution >= 0.6 is 0 Å². The first-order valence-electron chi connectivity index (χ1n) is 10.8. The lowest BCUT2D eigenvalue weighted by molar-refractivity contribution is 0.208. The van der Waals surface area contributed by atoms with Crippen LogP contribution in [0.25, 0.3) is 11.4 Å². The Bertz CT molecular complexity index is 1110. The first kappa shape index (κ1) is 21.6. The molecule has 0 spiro atoms. The molecule has 1 aliphatic rings. The molecule has 0 atom stereocenters. The zero-order chi connectivity index (χ0) is 22.7. The number of benzene rings is 2. The molecule has 0 bridgehead atoms. The van der Waals surface area contributed by atoms with Gasteiger partial charge in [0.05, 0.1) is 7.11 Å². The highest BCUT2D eigenvalue weighted by Crippen LogP contribution is 2.26. The van der Waals surface area contributed by atoms with Crippen molar-refractivity contribution in [1.29, 1.82) is 0 Å². The van der Waals surface area contributed by atoms with Crippen LogP contribution < -0.4 is 15.0 Å². The minimum Gasteiger partial charge on any atom is -0.497 e. The quantitative estimate of drug-likeness (QED) is 0.662. The van der Waals surface area contributed by atoms with Gasteiger partial charge in [-0.3, -0.25) is 0 Å². The van der Waals surface area contributed by atoms with Crippen LogP contribution in [0.2, 0.25) is 0 Å². The van der Waals surface area contributed by atoms with Crippen molar-refractivity contribution < 1.29 is 9.53 Å².